The largest absolute Gasteiger partial charge is 0.491 e. The minimum Gasteiger partial charge on any atom is -0.491 e. The molecule has 1 N–H and O–H groups in total. The normalized spacial score (nSPS) is 18.9. The number of hydrogen-bond acceptors (Lipinski definition) is 4. The topological polar surface area (TPSA) is 56.5 Å². The SMILES string of the molecule is N#Cc1ccc(OCC(O)CN2CCC(c3ccccc3)C2)cc1. The molecular formula is C20H22N2O2. The Balaban J connectivity index is 1.44. The molecule has 4 nitrogen and oxygen atoms in total. The van der Waals surface area contributed by atoms with Crippen molar-refractivity contribution in [2.24, 2.45) is 0 Å². The summed E-state index contributed by atoms with van der Waals surface area (Å²) in [5.41, 5.74) is 1.98. The van der Waals surface area contributed by atoms with Crippen LogP contribution in [0.1, 0.15) is 23.5 Å². The molecule has 1 heterocycles. The fraction of sp³-hybridized carbons (Fsp3) is 0.350. The number of aliphatic hydroxyl groups is 1. The fourth-order valence-corrected chi connectivity index (χ4v) is 3.16. The van der Waals surface area contributed by atoms with Crippen LogP contribution in [0.5, 0.6) is 5.75 Å². The van der Waals surface area contributed by atoms with E-state index in [1.54, 1.807) is 24.3 Å². The summed E-state index contributed by atoms with van der Waals surface area (Å²) in [6.07, 6.45) is 0.614. The van der Waals surface area contributed by atoms with E-state index in [4.69, 9.17) is 10.00 Å². The van der Waals surface area contributed by atoms with Crippen LogP contribution >= 0.6 is 0 Å². The van der Waals surface area contributed by atoms with Crippen molar-refractivity contribution in [3.8, 4) is 11.8 Å². The van der Waals surface area contributed by atoms with Gasteiger partial charge in [-0.05, 0) is 48.7 Å². The van der Waals surface area contributed by atoms with Crippen LogP contribution in [0.15, 0.2) is 54.6 Å². The van der Waals surface area contributed by atoms with Crippen molar-refractivity contribution in [1.82, 2.24) is 4.90 Å². The van der Waals surface area contributed by atoms with Gasteiger partial charge in [0.1, 0.15) is 18.5 Å². The molecule has 0 aromatic heterocycles. The molecule has 2 aromatic carbocycles. The zero-order valence-corrected chi connectivity index (χ0v) is 13.6. The highest BCUT2D eigenvalue weighted by Gasteiger charge is 2.25. The summed E-state index contributed by atoms with van der Waals surface area (Å²) in [7, 11) is 0. The molecule has 1 aliphatic heterocycles. The van der Waals surface area contributed by atoms with Crippen molar-refractivity contribution in [3.63, 3.8) is 0 Å². The summed E-state index contributed by atoms with van der Waals surface area (Å²) < 4.78 is 5.60. The van der Waals surface area contributed by atoms with Crippen molar-refractivity contribution in [2.75, 3.05) is 26.2 Å². The molecule has 124 valence electrons. The zero-order valence-electron chi connectivity index (χ0n) is 13.6. The first-order valence-electron chi connectivity index (χ1n) is 8.33. The van der Waals surface area contributed by atoms with Crippen molar-refractivity contribution in [2.45, 2.75) is 18.4 Å². The van der Waals surface area contributed by atoms with Crippen molar-refractivity contribution in [3.05, 3.63) is 65.7 Å². The summed E-state index contributed by atoms with van der Waals surface area (Å²) in [6, 6.07) is 19.6. The molecule has 0 radical (unpaired) electrons. The highest BCUT2D eigenvalue weighted by atomic mass is 16.5. The predicted molar refractivity (Wildman–Crippen MR) is 92.9 cm³/mol. The average molecular weight is 322 g/mol. The van der Waals surface area contributed by atoms with Gasteiger partial charge in [-0.25, -0.2) is 0 Å². The number of hydrogen-bond donors (Lipinski definition) is 1. The highest BCUT2D eigenvalue weighted by molar-refractivity contribution is 5.34. The van der Waals surface area contributed by atoms with E-state index < -0.39 is 6.10 Å². The molecule has 2 unspecified atom stereocenters. The smallest absolute Gasteiger partial charge is 0.119 e. The van der Waals surface area contributed by atoms with Gasteiger partial charge in [-0.1, -0.05) is 30.3 Å². The number of benzene rings is 2. The molecule has 0 aliphatic carbocycles. The molecule has 24 heavy (non-hydrogen) atoms. The van der Waals surface area contributed by atoms with Gasteiger partial charge < -0.3 is 14.7 Å². The third-order valence-electron chi connectivity index (χ3n) is 4.44. The van der Waals surface area contributed by atoms with Crippen molar-refractivity contribution >= 4 is 0 Å². The predicted octanol–water partition coefficient (Wildman–Crippen LogP) is 2.79. The van der Waals surface area contributed by atoms with Gasteiger partial charge in [-0.15, -0.1) is 0 Å². The Labute approximate surface area is 142 Å². The first-order chi connectivity index (χ1) is 11.7. The second-order valence-electron chi connectivity index (χ2n) is 6.26. The number of rotatable bonds is 6. The van der Waals surface area contributed by atoms with Crippen LogP contribution in [0.3, 0.4) is 0 Å². The van der Waals surface area contributed by atoms with Gasteiger partial charge in [0.2, 0.25) is 0 Å². The standard InChI is InChI=1S/C20H22N2O2/c21-12-16-6-8-20(9-7-16)24-15-19(23)14-22-11-10-18(13-22)17-4-2-1-3-5-17/h1-9,18-19,23H,10-11,13-15H2. The van der Waals surface area contributed by atoms with Crippen LogP contribution < -0.4 is 4.74 Å². The molecule has 0 saturated carbocycles. The zero-order chi connectivity index (χ0) is 16.8. The van der Waals surface area contributed by atoms with Crippen LogP contribution in [-0.2, 0) is 0 Å². The average Bonchev–Trinajstić information content (AvgIpc) is 3.09. The fourth-order valence-electron chi connectivity index (χ4n) is 3.16. The van der Waals surface area contributed by atoms with E-state index in [0.29, 0.717) is 23.8 Å². The quantitative estimate of drug-likeness (QED) is 0.888. The van der Waals surface area contributed by atoms with Crippen molar-refractivity contribution < 1.29 is 9.84 Å². The maximum atomic E-state index is 10.2. The van der Waals surface area contributed by atoms with Crippen LogP contribution in [-0.4, -0.2) is 42.4 Å². The van der Waals surface area contributed by atoms with Crippen LogP contribution in [0, 0.1) is 11.3 Å². The molecule has 4 heteroatoms. The maximum absolute atomic E-state index is 10.2. The lowest BCUT2D eigenvalue weighted by Gasteiger charge is -2.20. The Bertz CT molecular complexity index is 679. The molecule has 2 atom stereocenters. The molecule has 3 rings (SSSR count). The minimum atomic E-state index is -0.518. The number of likely N-dealkylation sites (tertiary alicyclic amines) is 1. The van der Waals surface area contributed by atoms with E-state index in [9.17, 15) is 5.11 Å². The Morgan fingerprint density at radius 1 is 1.17 bits per heavy atom. The van der Waals surface area contributed by atoms with Crippen molar-refractivity contribution in [1.29, 1.82) is 5.26 Å². The maximum Gasteiger partial charge on any atom is 0.119 e. The summed E-state index contributed by atoms with van der Waals surface area (Å²) >= 11 is 0. The van der Waals surface area contributed by atoms with Crippen LogP contribution in [0.25, 0.3) is 0 Å². The first-order valence-corrected chi connectivity index (χ1v) is 8.33. The van der Waals surface area contributed by atoms with Crippen LogP contribution in [0.2, 0.25) is 0 Å². The summed E-state index contributed by atoms with van der Waals surface area (Å²) in [6.45, 7) is 2.88. The van der Waals surface area contributed by atoms with E-state index in [2.05, 4.69) is 35.2 Å². The van der Waals surface area contributed by atoms with E-state index in [0.717, 1.165) is 19.5 Å². The van der Waals surface area contributed by atoms with E-state index >= 15 is 0 Å². The number of ether oxygens (including phenoxy) is 1. The molecule has 0 amide bonds. The monoisotopic (exact) mass is 322 g/mol. The number of β-amino-alcohol motifs (C(OH)–C–C–N with tert-alkyl or cyclic N) is 1. The lowest BCUT2D eigenvalue weighted by atomic mass is 9.99. The van der Waals surface area contributed by atoms with E-state index in [-0.39, 0.29) is 6.61 Å². The van der Waals surface area contributed by atoms with Gasteiger partial charge >= 0.3 is 0 Å². The minimum absolute atomic E-state index is 0.262. The third kappa shape index (κ3) is 4.35. The van der Waals surface area contributed by atoms with Gasteiger partial charge in [-0.2, -0.15) is 5.26 Å². The second-order valence-corrected chi connectivity index (χ2v) is 6.26. The molecule has 0 bridgehead atoms. The Hall–Kier alpha value is -2.35. The number of aliphatic hydroxyl groups excluding tert-OH is 1. The third-order valence-corrected chi connectivity index (χ3v) is 4.44. The van der Waals surface area contributed by atoms with Gasteiger partial charge in [0.15, 0.2) is 0 Å². The van der Waals surface area contributed by atoms with Gasteiger partial charge in [0.25, 0.3) is 0 Å². The van der Waals surface area contributed by atoms with E-state index in [1.807, 2.05) is 6.07 Å². The lowest BCUT2D eigenvalue weighted by molar-refractivity contribution is 0.0754. The van der Waals surface area contributed by atoms with E-state index in [1.165, 1.54) is 5.56 Å². The molecule has 1 aliphatic rings. The number of nitriles is 1. The summed E-state index contributed by atoms with van der Waals surface area (Å²) in [5, 5.41) is 19.0. The summed E-state index contributed by atoms with van der Waals surface area (Å²) in [4.78, 5) is 2.30. The molecule has 1 saturated heterocycles. The molecule has 1 fully saturated rings. The lowest BCUT2D eigenvalue weighted by Crippen LogP contribution is -2.34. The summed E-state index contributed by atoms with van der Waals surface area (Å²) in [5.74, 6) is 1.23. The Morgan fingerprint density at radius 3 is 2.62 bits per heavy atom. The van der Waals surface area contributed by atoms with Gasteiger partial charge in [-0.3, -0.25) is 0 Å². The Morgan fingerprint density at radius 2 is 1.92 bits per heavy atom. The highest BCUT2D eigenvalue weighted by Crippen LogP contribution is 2.26. The molecular weight excluding hydrogens is 300 g/mol. The Kier molecular flexibility index (Phi) is 5.47. The number of nitrogens with zero attached hydrogens (tertiary/aromatic N) is 2. The second kappa shape index (κ2) is 7.96. The van der Waals surface area contributed by atoms with Gasteiger partial charge in [0.05, 0.1) is 11.6 Å². The van der Waals surface area contributed by atoms with Gasteiger partial charge in [0, 0.05) is 13.1 Å². The first kappa shape index (κ1) is 16.5. The van der Waals surface area contributed by atoms with Crippen LogP contribution in [0.4, 0.5) is 0 Å². The molecule has 0 spiro atoms. The molecule has 2 aromatic rings.